The fraction of sp³-hybridized carbons (Fsp3) is 0.522. The number of benzene rings is 1. The average molecular weight is 428 g/mol. The molecule has 31 heavy (non-hydrogen) atoms. The molecule has 3 saturated heterocycles. The highest BCUT2D eigenvalue weighted by Crippen LogP contribution is 2.58. The van der Waals surface area contributed by atoms with Crippen molar-refractivity contribution >= 4 is 17.8 Å². The number of aliphatic carboxylic acids is 1. The molecule has 1 spiro atoms. The Morgan fingerprint density at radius 3 is 2.71 bits per heavy atom. The van der Waals surface area contributed by atoms with Gasteiger partial charge in [0, 0.05) is 13.1 Å². The Morgan fingerprint density at radius 1 is 1.39 bits per heavy atom. The van der Waals surface area contributed by atoms with Crippen LogP contribution in [0.15, 0.2) is 43.0 Å². The SMILES string of the molecule is C=CCN(Cc1ccccc1)C(=O)C1N([C@H](C)CO)C(=O)[C@@H]2[C@H](C(=O)O)[C@@H]3CCC12O3. The van der Waals surface area contributed by atoms with Crippen LogP contribution in [0, 0.1) is 11.8 Å². The summed E-state index contributed by atoms with van der Waals surface area (Å²) in [5.41, 5.74) is -0.251. The largest absolute Gasteiger partial charge is 0.481 e. The van der Waals surface area contributed by atoms with Crippen molar-refractivity contribution in [3.8, 4) is 0 Å². The summed E-state index contributed by atoms with van der Waals surface area (Å²) in [7, 11) is 0. The van der Waals surface area contributed by atoms with Gasteiger partial charge >= 0.3 is 5.97 Å². The van der Waals surface area contributed by atoms with Crippen LogP contribution in [-0.4, -0.2) is 74.7 Å². The van der Waals surface area contributed by atoms with Crippen LogP contribution in [0.3, 0.4) is 0 Å². The third kappa shape index (κ3) is 3.25. The maximum absolute atomic E-state index is 13.9. The van der Waals surface area contributed by atoms with Gasteiger partial charge in [-0.05, 0) is 25.3 Å². The van der Waals surface area contributed by atoms with E-state index in [1.165, 1.54) is 4.90 Å². The minimum atomic E-state index is -1.18. The molecule has 166 valence electrons. The van der Waals surface area contributed by atoms with Crippen LogP contribution in [0.5, 0.6) is 0 Å². The lowest BCUT2D eigenvalue weighted by Crippen LogP contribution is -2.58. The number of rotatable bonds is 8. The number of likely N-dealkylation sites (tertiary alicyclic amines) is 1. The molecule has 1 aromatic rings. The number of hydrogen-bond acceptors (Lipinski definition) is 5. The minimum absolute atomic E-state index is 0.270. The summed E-state index contributed by atoms with van der Waals surface area (Å²) in [6.07, 6.45) is 1.98. The maximum atomic E-state index is 13.9. The van der Waals surface area contributed by atoms with E-state index in [1.807, 2.05) is 30.3 Å². The van der Waals surface area contributed by atoms with Gasteiger partial charge in [-0.15, -0.1) is 6.58 Å². The Labute approximate surface area is 181 Å². The molecule has 0 aliphatic carbocycles. The van der Waals surface area contributed by atoms with Gasteiger partial charge in [-0.2, -0.15) is 0 Å². The highest BCUT2D eigenvalue weighted by atomic mass is 16.5. The number of carboxylic acids is 1. The second kappa shape index (κ2) is 8.09. The maximum Gasteiger partial charge on any atom is 0.310 e. The van der Waals surface area contributed by atoms with Gasteiger partial charge in [0.05, 0.1) is 30.6 Å². The van der Waals surface area contributed by atoms with E-state index in [-0.39, 0.29) is 19.1 Å². The molecule has 3 aliphatic rings. The van der Waals surface area contributed by atoms with E-state index in [2.05, 4.69) is 6.58 Å². The molecular weight excluding hydrogens is 400 g/mol. The molecule has 1 aromatic carbocycles. The molecule has 2 amide bonds. The van der Waals surface area contributed by atoms with Crippen LogP contribution in [-0.2, 0) is 25.7 Å². The van der Waals surface area contributed by atoms with Crippen molar-refractivity contribution in [3.63, 3.8) is 0 Å². The topological polar surface area (TPSA) is 107 Å². The van der Waals surface area contributed by atoms with E-state index in [0.717, 1.165) is 5.56 Å². The zero-order chi connectivity index (χ0) is 22.3. The van der Waals surface area contributed by atoms with Crippen LogP contribution in [0.2, 0.25) is 0 Å². The Morgan fingerprint density at radius 2 is 2.10 bits per heavy atom. The standard InChI is InChI=1S/C23H28N2O6/c1-3-11-24(12-15-7-5-4-6-8-15)21(28)19-23-10-9-16(31-23)17(22(29)30)18(23)20(27)25(19)14(2)13-26/h3-8,14,16-19,26H,1,9-13H2,2H3,(H,29,30)/t14-,16+,17-,18+,19?,23?/m1/s1. The molecule has 2 bridgehead atoms. The zero-order valence-electron chi connectivity index (χ0n) is 17.5. The van der Waals surface area contributed by atoms with E-state index in [1.54, 1.807) is 17.9 Å². The van der Waals surface area contributed by atoms with Gasteiger partial charge in [-0.1, -0.05) is 36.4 Å². The Kier molecular flexibility index (Phi) is 5.61. The van der Waals surface area contributed by atoms with Crippen molar-refractivity contribution in [2.45, 2.75) is 50.1 Å². The van der Waals surface area contributed by atoms with E-state index in [0.29, 0.717) is 19.4 Å². The van der Waals surface area contributed by atoms with Crippen molar-refractivity contribution in [1.82, 2.24) is 9.80 Å². The van der Waals surface area contributed by atoms with Crippen molar-refractivity contribution in [2.24, 2.45) is 11.8 Å². The van der Waals surface area contributed by atoms with Crippen LogP contribution < -0.4 is 0 Å². The summed E-state index contributed by atoms with van der Waals surface area (Å²) in [5.74, 6) is -3.72. The summed E-state index contributed by atoms with van der Waals surface area (Å²) in [6.45, 7) is 5.68. The normalized spacial score (nSPS) is 32.1. The first kappa shape index (κ1) is 21.5. The predicted molar refractivity (Wildman–Crippen MR) is 111 cm³/mol. The number of aliphatic hydroxyl groups is 1. The van der Waals surface area contributed by atoms with Crippen molar-refractivity contribution in [1.29, 1.82) is 0 Å². The molecule has 4 rings (SSSR count). The number of nitrogens with zero attached hydrogens (tertiary/aromatic N) is 2. The van der Waals surface area contributed by atoms with Gasteiger partial charge in [0.2, 0.25) is 11.8 Å². The van der Waals surface area contributed by atoms with Gasteiger partial charge < -0.3 is 24.7 Å². The van der Waals surface area contributed by atoms with E-state index >= 15 is 0 Å². The summed E-state index contributed by atoms with van der Waals surface area (Å²) >= 11 is 0. The van der Waals surface area contributed by atoms with E-state index in [4.69, 9.17) is 4.74 Å². The van der Waals surface area contributed by atoms with Crippen molar-refractivity contribution in [3.05, 3.63) is 48.6 Å². The quantitative estimate of drug-likeness (QED) is 0.599. The summed E-state index contributed by atoms with van der Waals surface area (Å²) < 4.78 is 6.17. The second-order valence-corrected chi connectivity index (χ2v) is 8.66. The number of carboxylic acid groups (broad SMARTS) is 1. The average Bonchev–Trinajstić information content (AvgIpc) is 3.40. The Bertz CT molecular complexity index is 889. The fourth-order valence-corrected chi connectivity index (χ4v) is 5.58. The summed E-state index contributed by atoms with van der Waals surface area (Å²) in [5, 5.41) is 19.6. The third-order valence-corrected chi connectivity index (χ3v) is 6.87. The smallest absolute Gasteiger partial charge is 0.310 e. The molecule has 6 atom stereocenters. The monoisotopic (exact) mass is 428 g/mol. The number of ether oxygens (including phenoxy) is 1. The fourth-order valence-electron chi connectivity index (χ4n) is 5.58. The van der Waals surface area contributed by atoms with Gasteiger partial charge in [-0.25, -0.2) is 0 Å². The first-order valence-electron chi connectivity index (χ1n) is 10.6. The van der Waals surface area contributed by atoms with Gasteiger partial charge in [0.25, 0.3) is 0 Å². The molecule has 8 nitrogen and oxygen atoms in total. The number of aliphatic hydroxyl groups excluding tert-OH is 1. The van der Waals surface area contributed by atoms with Crippen LogP contribution in [0.4, 0.5) is 0 Å². The van der Waals surface area contributed by atoms with E-state index in [9.17, 15) is 24.6 Å². The number of fused-ring (bicyclic) bond motifs is 1. The molecule has 3 heterocycles. The third-order valence-electron chi connectivity index (χ3n) is 6.87. The lowest BCUT2D eigenvalue weighted by Gasteiger charge is -2.38. The number of hydrogen-bond donors (Lipinski definition) is 2. The predicted octanol–water partition coefficient (Wildman–Crippen LogP) is 1.04. The van der Waals surface area contributed by atoms with Crippen LogP contribution >= 0.6 is 0 Å². The highest BCUT2D eigenvalue weighted by molar-refractivity contribution is 5.98. The van der Waals surface area contributed by atoms with Gasteiger partial charge in [0.1, 0.15) is 11.6 Å². The molecular formula is C23H28N2O6. The molecule has 2 unspecified atom stereocenters. The molecule has 0 saturated carbocycles. The Balaban J connectivity index is 1.74. The van der Waals surface area contributed by atoms with Gasteiger partial charge in [-0.3, -0.25) is 14.4 Å². The molecule has 2 N–H and O–H groups in total. The molecule has 8 heteroatoms. The molecule has 0 aromatic heterocycles. The summed E-state index contributed by atoms with van der Waals surface area (Å²) in [6, 6.07) is 7.88. The number of carbonyl (C=O) groups is 3. The molecule has 0 radical (unpaired) electrons. The lowest BCUT2D eigenvalue weighted by molar-refractivity contribution is -0.153. The second-order valence-electron chi connectivity index (χ2n) is 8.66. The van der Waals surface area contributed by atoms with E-state index < -0.39 is 47.5 Å². The van der Waals surface area contributed by atoms with Crippen molar-refractivity contribution < 1.29 is 29.3 Å². The van der Waals surface area contributed by atoms with Crippen LogP contribution in [0.1, 0.15) is 25.3 Å². The summed E-state index contributed by atoms with van der Waals surface area (Å²) in [4.78, 5) is 42.3. The first-order chi connectivity index (χ1) is 14.9. The number of amides is 2. The van der Waals surface area contributed by atoms with Gasteiger partial charge in [0.15, 0.2) is 0 Å². The first-order valence-corrected chi connectivity index (χ1v) is 10.6. The minimum Gasteiger partial charge on any atom is -0.481 e. The highest BCUT2D eigenvalue weighted by Gasteiger charge is 2.75. The lowest BCUT2D eigenvalue weighted by atomic mass is 9.70. The Hall–Kier alpha value is -2.71. The molecule has 3 aliphatic heterocycles. The zero-order valence-corrected chi connectivity index (χ0v) is 17.5. The number of carbonyl (C=O) groups excluding carboxylic acids is 2. The van der Waals surface area contributed by atoms with Crippen molar-refractivity contribution in [2.75, 3.05) is 13.2 Å². The molecule has 3 fully saturated rings. The van der Waals surface area contributed by atoms with Crippen LogP contribution in [0.25, 0.3) is 0 Å².